The highest BCUT2D eigenvalue weighted by Crippen LogP contribution is 2.43. The van der Waals surface area contributed by atoms with E-state index < -0.39 is 58.3 Å². The number of rotatable bonds is 11. The molecule has 6 N–H and O–H groups in total. The molecule has 0 saturated heterocycles. The SMILES string of the molecule is CC(C)(C)OC(=O)C(CC(N)C(=O)O)(SSCCC(N)C(=O)O)C(=O)OC(C)(C)C. The minimum Gasteiger partial charge on any atom is -0.480 e. The molecule has 0 spiro atoms. The molecule has 0 aromatic carbocycles. The summed E-state index contributed by atoms with van der Waals surface area (Å²) in [4.78, 5) is 48.4. The number of hydrogen-bond acceptors (Lipinski definition) is 10. The highest BCUT2D eigenvalue weighted by Gasteiger charge is 2.54. The summed E-state index contributed by atoms with van der Waals surface area (Å²) in [6.45, 7) is 9.62. The second-order valence-electron chi connectivity index (χ2n) is 8.62. The van der Waals surface area contributed by atoms with Crippen LogP contribution < -0.4 is 11.5 Å². The molecule has 0 aromatic heterocycles. The molecule has 0 bridgehead atoms. The van der Waals surface area contributed by atoms with Crippen molar-refractivity contribution in [3.05, 3.63) is 0 Å². The van der Waals surface area contributed by atoms with E-state index >= 15 is 0 Å². The zero-order valence-corrected chi connectivity index (χ0v) is 19.7. The van der Waals surface area contributed by atoms with Crippen LogP contribution in [0.15, 0.2) is 0 Å². The minimum absolute atomic E-state index is 0.0662. The molecule has 0 aromatic rings. The van der Waals surface area contributed by atoms with E-state index in [1.54, 1.807) is 41.5 Å². The van der Waals surface area contributed by atoms with Crippen LogP contribution >= 0.6 is 21.6 Å². The van der Waals surface area contributed by atoms with E-state index in [1.807, 2.05) is 0 Å². The Morgan fingerprint density at radius 1 is 0.833 bits per heavy atom. The lowest BCUT2D eigenvalue weighted by atomic mass is 9.98. The maximum Gasteiger partial charge on any atom is 0.335 e. The van der Waals surface area contributed by atoms with Gasteiger partial charge in [-0.25, -0.2) is 9.59 Å². The van der Waals surface area contributed by atoms with E-state index in [1.165, 1.54) is 0 Å². The van der Waals surface area contributed by atoms with Crippen molar-refractivity contribution in [1.29, 1.82) is 0 Å². The molecule has 0 heterocycles. The first-order valence-corrected chi connectivity index (χ1v) is 11.5. The average molecular weight is 469 g/mol. The molecule has 0 saturated carbocycles. The summed E-state index contributed by atoms with van der Waals surface area (Å²) >= 11 is 0. The monoisotopic (exact) mass is 468 g/mol. The molecule has 30 heavy (non-hydrogen) atoms. The zero-order valence-electron chi connectivity index (χ0n) is 18.1. The molecule has 0 aliphatic carbocycles. The van der Waals surface area contributed by atoms with Crippen molar-refractivity contribution in [2.24, 2.45) is 11.5 Å². The smallest absolute Gasteiger partial charge is 0.335 e. The van der Waals surface area contributed by atoms with Crippen LogP contribution in [0, 0.1) is 0 Å². The molecule has 0 amide bonds. The van der Waals surface area contributed by atoms with Gasteiger partial charge >= 0.3 is 23.9 Å². The van der Waals surface area contributed by atoms with Gasteiger partial charge in [0.25, 0.3) is 0 Å². The normalized spacial score (nSPS) is 14.5. The molecule has 0 fully saturated rings. The number of carboxylic acid groups (broad SMARTS) is 2. The third kappa shape index (κ3) is 10.0. The molecule has 174 valence electrons. The van der Waals surface area contributed by atoms with E-state index in [-0.39, 0.29) is 12.2 Å². The fraction of sp³-hybridized carbons (Fsp3) is 0.778. The van der Waals surface area contributed by atoms with Gasteiger partial charge in [-0.15, -0.1) is 0 Å². The third-order valence-electron chi connectivity index (χ3n) is 3.31. The van der Waals surface area contributed by atoms with Crippen molar-refractivity contribution in [3.63, 3.8) is 0 Å². The number of carbonyl (C=O) groups is 4. The van der Waals surface area contributed by atoms with Crippen molar-refractivity contribution in [2.75, 3.05) is 5.75 Å². The number of ether oxygens (including phenoxy) is 2. The predicted molar refractivity (Wildman–Crippen MR) is 115 cm³/mol. The van der Waals surface area contributed by atoms with Gasteiger partial charge in [0.2, 0.25) is 4.75 Å². The summed E-state index contributed by atoms with van der Waals surface area (Å²) in [7, 11) is 1.73. The summed E-state index contributed by atoms with van der Waals surface area (Å²) in [6.07, 6.45) is -0.508. The Hall–Kier alpha value is -1.50. The lowest BCUT2D eigenvalue weighted by Crippen LogP contribution is -2.53. The van der Waals surface area contributed by atoms with E-state index in [0.717, 1.165) is 21.6 Å². The van der Waals surface area contributed by atoms with E-state index in [4.69, 9.17) is 26.0 Å². The van der Waals surface area contributed by atoms with Gasteiger partial charge in [0, 0.05) is 12.2 Å². The topological polar surface area (TPSA) is 179 Å². The number of aliphatic carboxylic acids is 2. The number of hydrogen-bond donors (Lipinski definition) is 4. The van der Waals surface area contributed by atoms with Crippen molar-refractivity contribution < 1.29 is 38.9 Å². The van der Waals surface area contributed by atoms with Gasteiger partial charge in [-0.3, -0.25) is 9.59 Å². The predicted octanol–water partition coefficient (Wildman–Crippen LogP) is 1.39. The van der Waals surface area contributed by atoms with Crippen molar-refractivity contribution in [3.8, 4) is 0 Å². The Morgan fingerprint density at radius 3 is 1.57 bits per heavy atom. The second-order valence-corrected chi connectivity index (χ2v) is 11.3. The quantitative estimate of drug-likeness (QED) is 0.148. The molecule has 0 aliphatic rings. The zero-order chi connectivity index (χ0) is 23.9. The maximum atomic E-state index is 13.1. The van der Waals surface area contributed by atoms with Crippen LogP contribution in [0.4, 0.5) is 0 Å². The van der Waals surface area contributed by atoms with Crippen LogP contribution in [0.2, 0.25) is 0 Å². The van der Waals surface area contributed by atoms with Crippen molar-refractivity contribution >= 4 is 45.5 Å². The van der Waals surface area contributed by atoms with E-state index in [9.17, 15) is 24.3 Å². The first-order valence-electron chi connectivity index (χ1n) is 9.15. The molecular formula is C18H32N2O8S2. The summed E-state index contributed by atoms with van der Waals surface area (Å²) in [5, 5.41) is 18.1. The lowest BCUT2D eigenvalue weighted by molar-refractivity contribution is -0.172. The molecular weight excluding hydrogens is 436 g/mol. The fourth-order valence-electron chi connectivity index (χ4n) is 1.91. The Bertz CT molecular complexity index is 615. The molecule has 0 rings (SSSR count). The van der Waals surface area contributed by atoms with Gasteiger partial charge in [-0.2, -0.15) is 0 Å². The van der Waals surface area contributed by atoms with Crippen LogP contribution in [-0.4, -0.2) is 67.9 Å². The summed E-state index contributed by atoms with van der Waals surface area (Å²) in [6, 6.07) is -2.66. The Balaban J connectivity index is 5.94. The molecule has 12 heteroatoms. The highest BCUT2D eigenvalue weighted by atomic mass is 33.1. The Labute approximate surface area is 184 Å². The molecule has 2 atom stereocenters. The Morgan fingerprint density at radius 2 is 1.23 bits per heavy atom. The van der Waals surface area contributed by atoms with Gasteiger partial charge < -0.3 is 31.2 Å². The van der Waals surface area contributed by atoms with Gasteiger partial charge in [0.1, 0.15) is 23.3 Å². The largest absolute Gasteiger partial charge is 0.480 e. The lowest BCUT2D eigenvalue weighted by Gasteiger charge is -2.34. The molecule has 0 aliphatic heterocycles. The summed E-state index contributed by atoms with van der Waals surface area (Å²) < 4.78 is 8.72. The minimum atomic E-state index is -2.07. The highest BCUT2D eigenvalue weighted by molar-refractivity contribution is 8.77. The van der Waals surface area contributed by atoms with Crippen LogP contribution in [0.25, 0.3) is 0 Å². The summed E-state index contributed by atoms with van der Waals surface area (Å²) in [5.41, 5.74) is 9.20. The Kier molecular flexibility index (Phi) is 10.7. The number of carboxylic acids is 2. The first-order chi connectivity index (χ1) is 13.4. The van der Waals surface area contributed by atoms with Crippen LogP contribution in [-0.2, 0) is 28.7 Å². The van der Waals surface area contributed by atoms with E-state index in [2.05, 4.69) is 0 Å². The van der Waals surface area contributed by atoms with Crippen LogP contribution in [0.1, 0.15) is 54.4 Å². The van der Waals surface area contributed by atoms with E-state index in [0.29, 0.717) is 0 Å². The number of esters is 2. The molecule has 2 unspecified atom stereocenters. The molecule has 0 radical (unpaired) electrons. The van der Waals surface area contributed by atoms with Gasteiger partial charge in [-0.05, 0) is 48.0 Å². The second kappa shape index (κ2) is 11.2. The first kappa shape index (κ1) is 28.5. The molecule has 10 nitrogen and oxygen atoms in total. The van der Waals surface area contributed by atoms with Crippen LogP contribution in [0.5, 0.6) is 0 Å². The van der Waals surface area contributed by atoms with Crippen molar-refractivity contribution in [1.82, 2.24) is 0 Å². The fourth-order valence-corrected chi connectivity index (χ4v) is 4.77. The number of nitrogens with two attached hydrogens (primary N) is 2. The van der Waals surface area contributed by atoms with Gasteiger partial charge in [-0.1, -0.05) is 21.6 Å². The van der Waals surface area contributed by atoms with Gasteiger partial charge in [0.05, 0.1) is 0 Å². The average Bonchev–Trinajstić information content (AvgIpc) is 2.53. The summed E-state index contributed by atoms with van der Waals surface area (Å²) in [5.74, 6) is -4.38. The van der Waals surface area contributed by atoms with Crippen molar-refractivity contribution in [2.45, 2.75) is 82.4 Å². The number of carbonyl (C=O) groups excluding carboxylic acids is 2. The third-order valence-corrected chi connectivity index (χ3v) is 6.32. The maximum absolute atomic E-state index is 13.1. The standard InChI is InChI=1S/C18H32N2O8S2/c1-16(2,3)27-14(25)18(9-11(20)13(23)24,15(26)28-17(4,5)6)30-29-8-7-10(19)12(21)22/h10-11H,7-9,19-20H2,1-6H3,(H,21,22)(H,23,24). The van der Waals surface area contributed by atoms with Crippen LogP contribution in [0.3, 0.4) is 0 Å². The van der Waals surface area contributed by atoms with Gasteiger partial charge in [0.15, 0.2) is 0 Å².